The van der Waals surface area contributed by atoms with E-state index in [4.69, 9.17) is 16.0 Å². The van der Waals surface area contributed by atoms with Crippen molar-refractivity contribution in [1.29, 1.82) is 0 Å². The normalized spacial score (nSPS) is 11.5. The summed E-state index contributed by atoms with van der Waals surface area (Å²) >= 11 is 0. The molecular formula is C21H20N6O. The molecule has 0 radical (unpaired) electrons. The molecule has 0 atom stereocenters. The minimum atomic E-state index is -0.560. The maximum atomic E-state index is 6.17. The minimum Gasteiger partial charge on any atom is -0.382 e. The van der Waals surface area contributed by atoms with Gasteiger partial charge in [-0.3, -0.25) is 4.98 Å². The highest BCUT2D eigenvalue weighted by Gasteiger charge is 2.18. The van der Waals surface area contributed by atoms with E-state index >= 15 is 0 Å². The Morgan fingerprint density at radius 1 is 0.929 bits per heavy atom. The first-order valence-electron chi connectivity index (χ1n) is 8.82. The van der Waals surface area contributed by atoms with Gasteiger partial charge in [0, 0.05) is 23.4 Å². The Hall–Kier alpha value is -3.58. The highest BCUT2D eigenvalue weighted by atomic mass is 16.5. The van der Waals surface area contributed by atoms with E-state index in [2.05, 4.69) is 20.1 Å². The van der Waals surface area contributed by atoms with E-state index in [-0.39, 0.29) is 5.82 Å². The minimum absolute atomic E-state index is 0.271. The summed E-state index contributed by atoms with van der Waals surface area (Å²) in [5.41, 5.74) is 16.0. The number of hydrogen-bond donors (Lipinski definition) is 2. The summed E-state index contributed by atoms with van der Waals surface area (Å²) in [7, 11) is 0. The Morgan fingerprint density at radius 2 is 1.71 bits per heavy atom. The molecule has 0 aliphatic rings. The van der Waals surface area contributed by atoms with Gasteiger partial charge in [-0.25, -0.2) is 9.97 Å². The van der Waals surface area contributed by atoms with Gasteiger partial charge in [0.15, 0.2) is 17.3 Å². The molecule has 4 aromatic rings. The summed E-state index contributed by atoms with van der Waals surface area (Å²) in [6.45, 7) is 3.80. The van der Waals surface area contributed by atoms with Crippen molar-refractivity contribution in [2.45, 2.75) is 19.4 Å². The molecule has 3 aromatic heterocycles. The van der Waals surface area contributed by atoms with Crippen LogP contribution < -0.4 is 11.5 Å². The van der Waals surface area contributed by atoms with Gasteiger partial charge in [-0.1, -0.05) is 35.5 Å². The summed E-state index contributed by atoms with van der Waals surface area (Å²) < 4.78 is 5.49. The number of anilines is 1. The average Bonchev–Trinajstić information content (AvgIpc) is 3.18. The summed E-state index contributed by atoms with van der Waals surface area (Å²) in [5.74, 6) is 0.729. The molecule has 7 heteroatoms. The van der Waals surface area contributed by atoms with Crippen molar-refractivity contribution >= 4 is 5.82 Å². The Morgan fingerprint density at radius 3 is 2.46 bits per heavy atom. The Balaban J connectivity index is 1.74. The molecule has 0 spiro atoms. The summed E-state index contributed by atoms with van der Waals surface area (Å²) in [4.78, 5) is 13.3. The second-order valence-corrected chi connectivity index (χ2v) is 7.08. The van der Waals surface area contributed by atoms with Crippen LogP contribution in [0.2, 0.25) is 0 Å². The lowest BCUT2D eigenvalue weighted by molar-refractivity contribution is 0.434. The molecule has 7 nitrogen and oxygen atoms in total. The Labute approximate surface area is 162 Å². The highest BCUT2D eigenvalue weighted by molar-refractivity contribution is 5.73. The zero-order chi connectivity index (χ0) is 19.7. The predicted octanol–water partition coefficient (Wildman–Crippen LogP) is 3.64. The lowest BCUT2D eigenvalue weighted by Crippen LogP contribution is -2.29. The van der Waals surface area contributed by atoms with Gasteiger partial charge in [-0.2, -0.15) is 0 Å². The largest absolute Gasteiger partial charge is 0.382 e. The van der Waals surface area contributed by atoms with E-state index < -0.39 is 5.54 Å². The standard InChI is InChI=1S/C21H20N6O/c1-21(2,23)18-10-14(8-9-24-18)16-12-25-20(22)19(26-16)17-11-15(27-28-17)13-6-4-3-5-7-13/h3-12H,23H2,1-2H3,(H2,22,25). The quantitative estimate of drug-likeness (QED) is 0.561. The molecule has 0 saturated heterocycles. The molecule has 4 rings (SSSR count). The molecule has 3 heterocycles. The molecule has 0 fully saturated rings. The van der Waals surface area contributed by atoms with Gasteiger partial charge in [-0.15, -0.1) is 0 Å². The molecule has 0 unspecified atom stereocenters. The van der Waals surface area contributed by atoms with Gasteiger partial charge in [0.25, 0.3) is 0 Å². The predicted molar refractivity (Wildman–Crippen MR) is 108 cm³/mol. The molecule has 28 heavy (non-hydrogen) atoms. The molecule has 0 saturated carbocycles. The van der Waals surface area contributed by atoms with E-state index in [1.807, 2.05) is 56.3 Å². The van der Waals surface area contributed by atoms with Gasteiger partial charge < -0.3 is 16.0 Å². The van der Waals surface area contributed by atoms with Gasteiger partial charge in [-0.05, 0) is 26.0 Å². The van der Waals surface area contributed by atoms with Crippen LogP contribution in [-0.4, -0.2) is 20.1 Å². The first-order chi connectivity index (χ1) is 13.4. The fraction of sp³-hybridized carbons (Fsp3) is 0.143. The molecule has 4 N–H and O–H groups in total. The first kappa shape index (κ1) is 17.8. The molecular weight excluding hydrogens is 352 g/mol. The number of benzene rings is 1. The van der Waals surface area contributed by atoms with Gasteiger partial charge in [0.2, 0.25) is 0 Å². The van der Waals surface area contributed by atoms with Crippen molar-refractivity contribution in [3.05, 3.63) is 66.6 Å². The number of nitrogens with zero attached hydrogens (tertiary/aromatic N) is 4. The lowest BCUT2D eigenvalue weighted by atomic mass is 9.99. The topological polar surface area (TPSA) is 117 Å². The van der Waals surface area contributed by atoms with Crippen molar-refractivity contribution in [3.63, 3.8) is 0 Å². The summed E-state index contributed by atoms with van der Waals surface area (Å²) in [6.07, 6.45) is 3.33. The van der Waals surface area contributed by atoms with E-state index in [1.54, 1.807) is 18.5 Å². The van der Waals surface area contributed by atoms with Gasteiger partial charge >= 0.3 is 0 Å². The third-order valence-corrected chi connectivity index (χ3v) is 4.33. The average molecular weight is 372 g/mol. The maximum Gasteiger partial charge on any atom is 0.189 e. The molecule has 0 aliphatic carbocycles. The van der Waals surface area contributed by atoms with E-state index in [1.165, 1.54) is 0 Å². The number of hydrogen-bond acceptors (Lipinski definition) is 7. The van der Waals surface area contributed by atoms with E-state index in [0.29, 0.717) is 22.8 Å². The SMILES string of the molecule is CC(C)(N)c1cc(-c2cnc(N)c(-c3cc(-c4ccccc4)no3)n2)ccn1. The molecule has 0 aliphatic heterocycles. The van der Waals surface area contributed by atoms with Crippen LogP contribution in [0.25, 0.3) is 34.0 Å². The van der Waals surface area contributed by atoms with Crippen molar-refractivity contribution in [3.8, 4) is 34.0 Å². The number of aromatic nitrogens is 4. The molecule has 0 bridgehead atoms. The van der Waals surface area contributed by atoms with Crippen molar-refractivity contribution in [2.75, 3.05) is 5.73 Å². The third-order valence-electron chi connectivity index (χ3n) is 4.33. The highest BCUT2D eigenvalue weighted by Crippen LogP contribution is 2.30. The van der Waals surface area contributed by atoms with Gasteiger partial charge in [0.1, 0.15) is 5.69 Å². The fourth-order valence-electron chi connectivity index (χ4n) is 2.79. The summed E-state index contributed by atoms with van der Waals surface area (Å²) in [6, 6.07) is 15.3. The Kier molecular flexibility index (Phi) is 4.37. The van der Waals surface area contributed by atoms with Crippen LogP contribution in [-0.2, 0) is 5.54 Å². The zero-order valence-corrected chi connectivity index (χ0v) is 15.6. The van der Waals surface area contributed by atoms with Crippen molar-refractivity contribution in [1.82, 2.24) is 20.1 Å². The second-order valence-electron chi connectivity index (χ2n) is 7.08. The van der Waals surface area contributed by atoms with Crippen LogP contribution in [0.1, 0.15) is 19.5 Å². The molecule has 1 aromatic carbocycles. The smallest absolute Gasteiger partial charge is 0.189 e. The van der Waals surface area contributed by atoms with Crippen molar-refractivity contribution in [2.24, 2.45) is 5.73 Å². The number of nitrogens with two attached hydrogens (primary N) is 2. The first-order valence-corrected chi connectivity index (χ1v) is 8.82. The van der Waals surface area contributed by atoms with E-state index in [0.717, 1.165) is 16.8 Å². The monoisotopic (exact) mass is 372 g/mol. The molecule has 140 valence electrons. The van der Waals surface area contributed by atoms with Crippen LogP contribution in [0.4, 0.5) is 5.82 Å². The molecule has 0 amide bonds. The van der Waals surface area contributed by atoms with Crippen LogP contribution >= 0.6 is 0 Å². The Bertz CT molecular complexity index is 1120. The van der Waals surface area contributed by atoms with Gasteiger partial charge in [0.05, 0.1) is 23.1 Å². The van der Waals surface area contributed by atoms with Crippen LogP contribution in [0.3, 0.4) is 0 Å². The van der Waals surface area contributed by atoms with E-state index in [9.17, 15) is 0 Å². The van der Waals surface area contributed by atoms with Crippen LogP contribution in [0, 0.1) is 0 Å². The second kappa shape index (κ2) is 6.86. The third kappa shape index (κ3) is 3.47. The summed E-state index contributed by atoms with van der Waals surface area (Å²) in [5, 5.41) is 4.13. The zero-order valence-electron chi connectivity index (χ0n) is 15.6. The van der Waals surface area contributed by atoms with Crippen LogP contribution in [0.15, 0.2) is 65.4 Å². The number of nitrogen functional groups attached to an aromatic ring is 1. The fourth-order valence-corrected chi connectivity index (χ4v) is 2.79. The lowest BCUT2D eigenvalue weighted by Gasteiger charge is -2.18. The maximum absolute atomic E-state index is 6.17. The van der Waals surface area contributed by atoms with Crippen LogP contribution in [0.5, 0.6) is 0 Å². The number of pyridine rings is 1. The number of rotatable bonds is 4. The van der Waals surface area contributed by atoms with Crippen molar-refractivity contribution < 1.29 is 4.52 Å².